The Bertz CT molecular complexity index is 1190. The molecule has 3 heterocycles. The van der Waals surface area contributed by atoms with Gasteiger partial charge in [-0.2, -0.15) is 0 Å². The monoisotopic (exact) mass is 482 g/mol. The number of benzene rings is 1. The highest BCUT2D eigenvalue weighted by Crippen LogP contribution is 2.32. The lowest BCUT2D eigenvalue weighted by Gasteiger charge is -2.22. The molecule has 160 valence electrons. The molecule has 0 spiro atoms. The number of pyridine rings is 1. The van der Waals surface area contributed by atoms with Crippen LogP contribution in [0.1, 0.15) is 31.9 Å². The molecule has 1 aliphatic rings. The first-order chi connectivity index (χ1) is 14.7. The molecule has 0 radical (unpaired) electrons. The Hall–Kier alpha value is -3.13. The number of para-hydroxylation sites is 1. The maximum absolute atomic E-state index is 12.6. The first-order valence-electron chi connectivity index (χ1n) is 9.93. The first kappa shape index (κ1) is 21.1. The molecular formula is C23H23BrN4O3. The highest BCUT2D eigenvalue weighted by Gasteiger charge is 2.28. The van der Waals surface area contributed by atoms with E-state index in [2.05, 4.69) is 36.5 Å². The molecule has 0 saturated heterocycles. The van der Waals surface area contributed by atoms with Gasteiger partial charge in [0.15, 0.2) is 0 Å². The van der Waals surface area contributed by atoms with Crippen molar-refractivity contribution < 1.29 is 14.3 Å². The number of hydrogen-bond donors (Lipinski definition) is 3. The molecule has 31 heavy (non-hydrogen) atoms. The van der Waals surface area contributed by atoms with Crippen molar-refractivity contribution in [2.75, 3.05) is 5.32 Å². The van der Waals surface area contributed by atoms with Gasteiger partial charge in [0.25, 0.3) is 5.91 Å². The molecule has 0 bridgehead atoms. The summed E-state index contributed by atoms with van der Waals surface area (Å²) in [4.78, 5) is 32.7. The molecule has 1 aromatic carbocycles. The number of amides is 2. The zero-order valence-electron chi connectivity index (χ0n) is 17.5. The number of rotatable bonds is 4. The van der Waals surface area contributed by atoms with E-state index in [-0.39, 0.29) is 5.91 Å². The lowest BCUT2D eigenvalue weighted by molar-refractivity contribution is -0.110. The Morgan fingerprint density at radius 2 is 2.10 bits per heavy atom. The molecule has 3 N–H and O–H groups in total. The maximum Gasteiger partial charge on any atom is 0.408 e. The lowest BCUT2D eigenvalue weighted by Crippen LogP contribution is -2.39. The van der Waals surface area contributed by atoms with Gasteiger partial charge in [-0.1, -0.05) is 18.2 Å². The van der Waals surface area contributed by atoms with E-state index >= 15 is 0 Å². The second-order valence-corrected chi connectivity index (χ2v) is 9.32. The number of aromatic amines is 1. The Morgan fingerprint density at radius 3 is 2.87 bits per heavy atom. The Morgan fingerprint density at radius 1 is 1.32 bits per heavy atom. The minimum Gasteiger partial charge on any atom is -0.444 e. The van der Waals surface area contributed by atoms with Crippen LogP contribution in [0.2, 0.25) is 0 Å². The van der Waals surface area contributed by atoms with Gasteiger partial charge in [0.1, 0.15) is 11.4 Å². The third-order valence-corrected chi connectivity index (χ3v) is 5.24. The van der Waals surface area contributed by atoms with Crippen LogP contribution in [-0.4, -0.2) is 33.6 Å². The lowest BCUT2D eigenvalue weighted by atomic mass is 10.0. The third-order valence-electron chi connectivity index (χ3n) is 4.81. The van der Waals surface area contributed by atoms with Crippen LogP contribution in [0.25, 0.3) is 16.5 Å². The van der Waals surface area contributed by atoms with E-state index in [4.69, 9.17) is 4.74 Å². The van der Waals surface area contributed by atoms with Gasteiger partial charge in [0, 0.05) is 38.9 Å². The number of alkyl carbamates (subject to hydrolysis) is 1. The van der Waals surface area contributed by atoms with Crippen LogP contribution >= 0.6 is 15.9 Å². The van der Waals surface area contributed by atoms with E-state index in [0.717, 1.165) is 20.9 Å². The summed E-state index contributed by atoms with van der Waals surface area (Å²) in [5.41, 5.74) is 2.56. The topological polar surface area (TPSA) is 96.1 Å². The molecule has 2 aromatic heterocycles. The Balaban J connectivity index is 1.69. The zero-order chi connectivity index (χ0) is 22.2. The van der Waals surface area contributed by atoms with Crippen molar-refractivity contribution in [1.29, 1.82) is 0 Å². The molecule has 3 aromatic rings. The fourth-order valence-corrected chi connectivity index (χ4v) is 3.89. The van der Waals surface area contributed by atoms with Crippen LogP contribution < -0.4 is 10.6 Å². The predicted octanol–water partition coefficient (Wildman–Crippen LogP) is 4.80. The van der Waals surface area contributed by atoms with Crippen LogP contribution in [0, 0.1) is 0 Å². The van der Waals surface area contributed by atoms with Crippen LogP contribution in [0.4, 0.5) is 10.6 Å². The summed E-state index contributed by atoms with van der Waals surface area (Å²) in [6.45, 7) is 5.43. The summed E-state index contributed by atoms with van der Waals surface area (Å²) in [7, 11) is 0. The van der Waals surface area contributed by atoms with Crippen LogP contribution in [0.15, 0.2) is 53.3 Å². The fraction of sp³-hybridized carbons (Fsp3) is 0.261. The summed E-state index contributed by atoms with van der Waals surface area (Å²) < 4.78 is 6.21. The minimum atomic E-state index is -0.630. The average molecular weight is 483 g/mol. The summed E-state index contributed by atoms with van der Waals surface area (Å²) in [6, 6.07) is 9.32. The van der Waals surface area contributed by atoms with Gasteiger partial charge >= 0.3 is 6.09 Å². The number of carbonyl (C=O) groups excluding carboxylic acids is 2. The van der Waals surface area contributed by atoms with Crippen molar-refractivity contribution >= 4 is 50.2 Å². The van der Waals surface area contributed by atoms with Crippen LogP contribution in [0.3, 0.4) is 0 Å². The predicted molar refractivity (Wildman–Crippen MR) is 124 cm³/mol. The maximum atomic E-state index is 12.6. The number of anilines is 1. The number of nitrogens with zero attached hydrogens (tertiary/aromatic N) is 1. The van der Waals surface area contributed by atoms with E-state index in [1.165, 1.54) is 0 Å². The largest absolute Gasteiger partial charge is 0.444 e. The van der Waals surface area contributed by atoms with Gasteiger partial charge in [0.2, 0.25) is 0 Å². The van der Waals surface area contributed by atoms with Gasteiger partial charge in [0.05, 0.1) is 6.04 Å². The van der Waals surface area contributed by atoms with Crippen molar-refractivity contribution in [2.24, 2.45) is 0 Å². The third kappa shape index (κ3) is 4.80. The number of aromatic nitrogens is 2. The highest BCUT2D eigenvalue weighted by atomic mass is 79.9. The molecule has 8 heteroatoms. The van der Waals surface area contributed by atoms with Crippen molar-refractivity contribution in [3.05, 3.63) is 64.4 Å². The molecule has 7 nitrogen and oxygen atoms in total. The molecule has 1 aliphatic heterocycles. The first-order valence-corrected chi connectivity index (χ1v) is 10.7. The second kappa shape index (κ2) is 8.19. The summed E-state index contributed by atoms with van der Waals surface area (Å²) in [5.74, 6) is 0.248. The molecule has 1 atom stereocenters. The van der Waals surface area contributed by atoms with Crippen molar-refractivity contribution in [2.45, 2.75) is 38.8 Å². The van der Waals surface area contributed by atoms with E-state index in [9.17, 15) is 9.59 Å². The van der Waals surface area contributed by atoms with Crippen LogP contribution in [-0.2, 0) is 16.0 Å². The molecule has 0 fully saturated rings. The highest BCUT2D eigenvalue weighted by molar-refractivity contribution is 9.10. The molecule has 2 amide bonds. The normalized spacial score (nSPS) is 15.6. The van der Waals surface area contributed by atoms with Gasteiger partial charge in [-0.05, 0) is 66.9 Å². The summed E-state index contributed by atoms with van der Waals surface area (Å²) >= 11 is 3.40. The molecule has 4 rings (SSSR count). The van der Waals surface area contributed by atoms with Gasteiger partial charge in [-0.15, -0.1) is 0 Å². The van der Waals surface area contributed by atoms with E-state index in [1.807, 2.05) is 57.3 Å². The van der Waals surface area contributed by atoms with E-state index in [1.54, 1.807) is 12.3 Å². The average Bonchev–Trinajstić information content (AvgIpc) is 3.22. The fourth-order valence-electron chi connectivity index (χ4n) is 3.56. The van der Waals surface area contributed by atoms with E-state index in [0.29, 0.717) is 23.4 Å². The van der Waals surface area contributed by atoms with Gasteiger partial charge < -0.3 is 20.4 Å². The van der Waals surface area contributed by atoms with Gasteiger partial charge in [-0.3, -0.25) is 4.79 Å². The SMILES string of the molecule is CC(C)(C)OC(=O)N[C@H](/C=C1\C(=O)Nc2ncc(Br)cc21)Cc1c[nH]c2ccccc12. The quantitative estimate of drug-likeness (QED) is 0.465. The summed E-state index contributed by atoms with van der Waals surface area (Å²) in [5, 5.41) is 6.74. The molecule has 0 saturated carbocycles. The van der Waals surface area contributed by atoms with Crippen molar-refractivity contribution in [3.63, 3.8) is 0 Å². The van der Waals surface area contributed by atoms with Crippen molar-refractivity contribution in [3.8, 4) is 0 Å². The van der Waals surface area contributed by atoms with Crippen LogP contribution in [0.5, 0.6) is 0 Å². The standard InChI is InChI=1S/C23H23BrN4O3/c1-23(2,3)31-22(30)27-15(8-13-11-25-19-7-5-4-6-16(13)19)10-18-17-9-14(24)12-26-20(17)28-21(18)29/h4-7,9-12,15,25H,8H2,1-3H3,(H,27,30)(H,26,28,29)/b18-10-/t15-/m0/s1. The minimum absolute atomic E-state index is 0.254. The number of fused-ring (bicyclic) bond motifs is 2. The van der Waals surface area contributed by atoms with Crippen molar-refractivity contribution in [1.82, 2.24) is 15.3 Å². The number of carbonyl (C=O) groups is 2. The van der Waals surface area contributed by atoms with E-state index < -0.39 is 17.7 Å². The Kier molecular flexibility index (Phi) is 5.58. The number of ether oxygens (including phenoxy) is 1. The zero-order valence-corrected chi connectivity index (χ0v) is 19.0. The van der Waals surface area contributed by atoms with Gasteiger partial charge in [-0.25, -0.2) is 9.78 Å². The number of halogens is 1. The number of H-pyrrole nitrogens is 1. The Labute approximate surface area is 188 Å². The number of nitrogens with one attached hydrogen (secondary N) is 3. The smallest absolute Gasteiger partial charge is 0.408 e. The second-order valence-electron chi connectivity index (χ2n) is 8.40. The summed E-state index contributed by atoms with van der Waals surface area (Å²) in [6.07, 6.45) is 5.26. The molecule has 0 aliphatic carbocycles. The number of hydrogen-bond acceptors (Lipinski definition) is 4. The molecular weight excluding hydrogens is 460 g/mol. The molecule has 0 unspecified atom stereocenters.